The lowest BCUT2D eigenvalue weighted by Crippen LogP contribution is -2.08. The normalized spacial score (nSPS) is 12.1. The van der Waals surface area contributed by atoms with Crippen LogP contribution in [0.25, 0.3) is 0 Å². The second-order valence-corrected chi connectivity index (χ2v) is 3.75. The minimum Gasteiger partial charge on any atom is -0.477 e. The molecule has 0 N–H and O–H groups in total. The number of ether oxygens (including phenoxy) is 1. The van der Waals surface area contributed by atoms with Crippen LogP contribution in [0.3, 0.4) is 0 Å². The molecule has 1 aromatic rings. The first-order chi connectivity index (χ1) is 7.26. The Labute approximate surface area is 90.5 Å². The van der Waals surface area contributed by atoms with Gasteiger partial charge in [0.05, 0.1) is 6.61 Å². The maximum absolute atomic E-state index is 10.4. The molecule has 3 heteroatoms. The van der Waals surface area contributed by atoms with E-state index >= 15 is 0 Å². The molecule has 0 aliphatic carbocycles. The maximum Gasteiger partial charge on any atom is 0.213 e. The third-order valence-corrected chi connectivity index (χ3v) is 2.19. The SMILES string of the molecule is CCCC(C)COc1ccc(C=O)cn1. The first kappa shape index (κ1) is 11.7. The average molecular weight is 207 g/mol. The van der Waals surface area contributed by atoms with Crippen molar-refractivity contribution in [3.05, 3.63) is 23.9 Å². The molecular weight excluding hydrogens is 190 g/mol. The number of pyridine rings is 1. The summed E-state index contributed by atoms with van der Waals surface area (Å²) in [5, 5.41) is 0. The molecule has 1 aromatic heterocycles. The smallest absolute Gasteiger partial charge is 0.213 e. The summed E-state index contributed by atoms with van der Waals surface area (Å²) in [6.07, 6.45) is 4.62. The van der Waals surface area contributed by atoms with Crippen molar-refractivity contribution >= 4 is 6.29 Å². The molecule has 15 heavy (non-hydrogen) atoms. The van der Waals surface area contributed by atoms with Crippen molar-refractivity contribution in [2.75, 3.05) is 6.61 Å². The summed E-state index contributed by atoms with van der Waals surface area (Å²) in [7, 11) is 0. The number of carbonyl (C=O) groups excluding carboxylic acids is 1. The highest BCUT2D eigenvalue weighted by Gasteiger charge is 2.02. The van der Waals surface area contributed by atoms with Gasteiger partial charge in [0.25, 0.3) is 0 Å². The third-order valence-electron chi connectivity index (χ3n) is 2.19. The van der Waals surface area contributed by atoms with Gasteiger partial charge in [-0.15, -0.1) is 0 Å². The number of nitrogens with zero attached hydrogens (tertiary/aromatic N) is 1. The fourth-order valence-electron chi connectivity index (χ4n) is 1.35. The van der Waals surface area contributed by atoms with Crippen molar-refractivity contribution in [3.63, 3.8) is 0 Å². The number of hydrogen-bond donors (Lipinski definition) is 0. The quantitative estimate of drug-likeness (QED) is 0.673. The molecule has 1 heterocycles. The number of aromatic nitrogens is 1. The molecule has 1 unspecified atom stereocenters. The van der Waals surface area contributed by atoms with Crippen LogP contribution in [0.5, 0.6) is 5.88 Å². The van der Waals surface area contributed by atoms with Crippen LogP contribution in [0.15, 0.2) is 18.3 Å². The Hall–Kier alpha value is -1.38. The van der Waals surface area contributed by atoms with Crippen molar-refractivity contribution < 1.29 is 9.53 Å². The van der Waals surface area contributed by atoms with E-state index in [2.05, 4.69) is 18.8 Å². The van der Waals surface area contributed by atoms with Gasteiger partial charge in [-0.25, -0.2) is 4.98 Å². The van der Waals surface area contributed by atoms with Crippen LogP contribution >= 0.6 is 0 Å². The van der Waals surface area contributed by atoms with E-state index in [4.69, 9.17) is 4.74 Å². The Morgan fingerprint density at radius 2 is 2.33 bits per heavy atom. The van der Waals surface area contributed by atoms with E-state index < -0.39 is 0 Å². The Morgan fingerprint density at radius 1 is 1.53 bits per heavy atom. The minimum absolute atomic E-state index is 0.544. The van der Waals surface area contributed by atoms with Gasteiger partial charge in [0, 0.05) is 17.8 Å². The minimum atomic E-state index is 0.544. The molecule has 1 atom stereocenters. The molecule has 0 spiro atoms. The summed E-state index contributed by atoms with van der Waals surface area (Å²) >= 11 is 0. The molecule has 3 nitrogen and oxygen atoms in total. The summed E-state index contributed by atoms with van der Waals surface area (Å²) < 4.78 is 5.49. The lowest BCUT2D eigenvalue weighted by Gasteiger charge is -2.10. The van der Waals surface area contributed by atoms with Crippen LogP contribution < -0.4 is 4.74 Å². The van der Waals surface area contributed by atoms with E-state index in [-0.39, 0.29) is 0 Å². The number of rotatable bonds is 6. The molecule has 1 rings (SSSR count). The summed E-state index contributed by atoms with van der Waals surface area (Å²) in [4.78, 5) is 14.4. The van der Waals surface area contributed by atoms with Crippen molar-refractivity contribution in [1.82, 2.24) is 4.98 Å². The van der Waals surface area contributed by atoms with Crippen LogP contribution in [0, 0.1) is 5.92 Å². The number of carbonyl (C=O) groups is 1. The summed E-state index contributed by atoms with van der Waals surface area (Å²) in [6, 6.07) is 3.43. The van der Waals surface area contributed by atoms with Crippen LogP contribution in [-0.2, 0) is 0 Å². The van der Waals surface area contributed by atoms with Gasteiger partial charge in [-0.2, -0.15) is 0 Å². The molecule has 0 aliphatic rings. The van der Waals surface area contributed by atoms with Gasteiger partial charge >= 0.3 is 0 Å². The van der Waals surface area contributed by atoms with Gasteiger partial charge in [-0.05, 0) is 18.4 Å². The first-order valence-electron chi connectivity index (χ1n) is 5.30. The van der Waals surface area contributed by atoms with Crippen LogP contribution in [0.4, 0.5) is 0 Å². The molecule has 0 bridgehead atoms. The van der Waals surface area contributed by atoms with Crippen molar-refractivity contribution in [3.8, 4) is 5.88 Å². The lowest BCUT2D eigenvalue weighted by atomic mass is 10.1. The van der Waals surface area contributed by atoms with Gasteiger partial charge in [-0.1, -0.05) is 20.3 Å². The Kier molecular flexibility index (Phi) is 4.81. The largest absolute Gasteiger partial charge is 0.477 e. The second-order valence-electron chi connectivity index (χ2n) is 3.75. The van der Waals surface area contributed by atoms with Gasteiger partial charge in [0.1, 0.15) is 0 Å². The maximum atomic E-state index is 10.4. The molecule has 0 radical (unpaired) electrons. The monoisotopic (exact) mass is 207 g/mol. The first-order valence-corrected chi connectivity index (χ1v) is 5.30. The summed E-state index contributed by atoms with van der Waals surface area (Å²) in [6.45, 7) is 5.00. The van der Waals surface area contributed by atoms with E-state index in [9.17, 15) is 4.79 Å². The van der Waals surface area contributed by atoms with Gasteiger partial charge in [-0.3, -0.25) is 4.79 Å². The van der Waals surface area contributed by atoms with Crippen LogP contribution in [0.2, 0.25) is 0 Å². The van der Waals surface area contributed by atoms with E-state index in [0.717, 1.165) is 12.7 Å². The standard InChI is InChI=1S/C12H17NO2/c1-3-4-10(2)9-15-12-6-5-11(8-14)7-13-12/h5-8,10H,3-4,9H2,1-2H3. The molecule has 0 aliphatic heterocycles. The van der Waals surface area contributed by atoms with E-state index in [1.54, 1.807) is 12.1 Å². The van der Waals surface area contributed by atoms with Gasteiger partial charge < -0.3 is 4.74 Å². The predicted octanol–water partition coefficient (Wildman–Crippen LogP) is 2.71. The molecule has 0 saturated heterocycles. The Morgan fingerprint density at radius 3 is 2.87 bits per heavy atom. The van der Waals surface area contributed by atoms with Crippen molar-refractivity contribution in [1.29, 1.82) is 0 Å². The van der Waals surface area contributed by atoms with E-state index in [1.165, 1.54) is 12.6 Å². The van der Waals surface area contributed by atoms with E-state index in [1.807, 2.05) is 0 Å². The molecule has 0 aromatic carbocycles. The summed E-state index contributed by atoms with van der Waals surface area (Å²) in [5.41, 5.74) is 0.573. The summed E-state index contributed by atoms with van der Waals surface area (Å²) in [5.74, 6) is 1.13. The van der Waals surface area contributed by atoms with Crippen LogP contribution in [0.1, 0.15) is 37.0 Å². The van der Waals surface area contributed by atoms with E-state index in [0.29, 0.717) is 24.0 Å². The second kappa shape index (κ2) is 6.17. The number of aldehydes is 1. The van der Waals surface area contributed by atoms with Gasteiger partial charge in [0.2, 0.25) is 5.88 Å². The lowest BCUT2D eigenvalue weighted by molar-refractivity contribution is 0.112. The molecule has 0 saturated carbocycles. The number of hydrogen-bond acceptors (Lipinski definition) is 3. The average Bonchev–Trinajstić information content (AvgIpc) is 2.27. The fourth-order valence-corrected chi connectivity index (χ4v) is 1.35. The zero-order valence-electron chi connectivity index (χ0n) is 9.27. The van der Waals surface area contributed by atoms with Crippen LogP contribution in [-0.4, -0.2) is 17.9 Å². The highest BCUT2D eigenvalue weighted by atomic mass is 16.5. The topological polar surface area (TPSA) is 39.2 Å². The molecular formula is C12H17NO2. The molecule has 82 valence electrons. The van der Waals surface area contributed by atoms with Crippen molar-refractivity contribution in [2.45, 2.75) is 26.7 Å². The zero-order chi connectivity index (χ0) is 11.1. The Bertz CT molecular complexity index is 295. The fraction of sp³-hybridized carbons (Fsp3) is 0.500. The molecule has 0 fully saturated rings. The molecule has 0 amide bonds. The highest BCUT2D eigenvalue weighted by Crippen LogP contribution is 2.10. The zero-order valence-corrected chi connectivity index (χ0v) is 9.27. The van der Waals surface area contributed by atoms with Gasteiger partial charge in [0.15, 0.2) is 6.29 Å². The van der Waals surface area contributed by atoms with Crippen molar-refractivity contribution in [2.24, 2.45) is 5.92 Å². The third kappa shape index (κ3) is 4.11. The predicted molar refractivity (Wildman–Crippen MR) is 59.2 cm³/mol. The highest BCUT2D eigenvalue weighted by molar-refractivity contribution is 5.73. The Balaban J connectivity index is 2.40.